The van der Waals surface area contributed by atoms with Crippen molar-refractivity contribution in [1.29, 1.82) is 0 Å². The second kappa shape index (κ2) is 4.68. The Morgan fingerprint density at radius 2 is 2.00 bits per heavy atom. The van der Waals surface area contributed by atoms with E-state index in [2.05, 4.69) is 17.3 Å². The lowest BCUT2D eigenvalue weighted by atomic mass is 10.1. The fourth-order valence-corrected chi connectivity index (χ4v) is 2.05. The third-order valence-corrected chi connectivity index (χ3v) is 2.99. The average molecular weight is 246 g/mol. The summed E-state index contributed by atoms with van der Waals surface area (Å²) < 4.78 is 3.37. The summed E-state index contributed by atoms with van der Waals surface area (Å²) in [7, 11) is 3.66. The van der Waals surface area contributed by atoms with Gasteiger partial charge in [-0.05, 0) is 19.9 Å². The van der Waals surface area contributed by atoms with E-state index in [-0.39, 0.29) is 11.6 Å². The van der Waals surface area contributed by atoms with E-state index in [0.29, 0.717) is 0 Å². The van der Waals surface area contributed by atoms with Crippen LogP contribution in [0, 0.1) is 6.92 Å². The molecule has 0 aliphatic heterocycles. The fourth-order valence-electron chi connectivity index (χ4n) is 2.05. The highest BCUT2D eigenvalue weighted by Crippen LogP contribution is 2.20. The zero-order valence-electron chi connectivity index (χ0n) is 11.1. The lowest BCUT2D eigenvalue weighted by Gasteiger charge is -2.15. The summed E-state index contributed by atoms with van der Waals surface area (Å²) in [5, 5.41) is 7.69. The van der Waals surface area contributed by atoms with Crippen LogP contribution in [-0.2, 0) is 14.1 Å². The predicted octanol–water partition coefficient (Wildman–Crippen LogP) is 1.60. The molecule has 0 aliphatic rings. The van der Waals surface area contributed by atoms with E-state index < -0.39 is 0 Å². The lowest BCUT2D eigenvalue weighted by Crippen LogP contribution is -2.16. The van der Waals surface area contributed by atoms with Crippen molar-refractivity contribution in [2.45, 2.75) is 19.9 Å². The summed E-state index contributed by atoms with van der Waals surface area (Å²) in [6.07, 6.45) is 3.81. The summed E-state index contributed by atoms with van der Waals surface area (Å²) in [6, 6.07) is 3.51. The number of nitrogens with one attached hydrogen (secondary N) is 1. The zero-order chi connectivity index (χ0) is 13.3. The SMILES string of the molecule is Cc1nn(C)cc1C(C)Nc1ccc(=O)n(C)c1. The van der Waals surface area contributed by atoms with Gasteiger partial charge in [-0.3, -0.25) is 9.48 Å². The zero-order valence-corrected chi connectivity index (χ0v) is 11.1. The number of anilines is 1. The molecule has 0 saturated heterocycles. The van der Waals surface area contributed by atoms with Crippen LogP contribution in [0.5, 0.6) is 0 Å². The largest absolute Gasteiger partial charge is 0.377 e. The van der Waals surface area contributed by atoms with E-state index in [1.54, 1.807) is 29.9 Å². The van der Waals surface area contributed by atoms with Crippen LogP contribution < -0.4 is 10.9 Å². The van der Waals surface area contributed by atoms with Gasteiger partial charge < -0.3 is 9.88 Å². The maximum absolute atomic E-state index is 11.3. The van der Waals surface area contributed by atoms with E-state index in [0.717, 1.165) is 16.9 Å². The van der Waals surface area contributed by atoms with Crippen molar-refractivity contribution in [1.82, 2.24) is 14.3 Å². The van der Waals surface area contributed by atoms with Crippen LogP contribution in [0.4, 0.5) is 5.69 Å². The van der Waals surface area contributed by atoms with Crippen LogP contribution in [0.2, 0.25) is 0 Å². The first-order valence-corrected chi connectivity index (χ1v) is 5.90. The van der Waals surface area contributed by atoms with Gasteiger partial charge in [0.25, 0.3) is 0 Å². The molecule has 0 fully saturated rings. The Bertz CT molecular complexity index is 612. The molecular weight excluding hydrogens is 228 g/mol. The molecule has 96 valence electrons. The van der Waals surface area contributed by atoms with Crippen LogP contribution >= 0.6 is 0 Å². The molecule has 1 N–H and O–H groups in total. The highest BCUT2D eigenvalue weighted by molar-refractivity contribution is 5.43. The van der Waals surface area contributed by atoms with Crippen molar-refractivity contribution in [2.75, 3.05) is 5.32 Å². The Morgan fingerprint density at radius 3 is 2.56 bits per heavy atom. The van der Waals surface area contributed by atoms with Crippen molar-refractivity contribution >= 4 is 5.69 Å². The van der Waals surface area contributed by atoms with Gasteiger partial charge in [-0.2, -0.15) is 5.10 Å². The van der Waals surface area contributed by atoms with Gasteiger partial charge >= 0.3 is 0 Å². The average Bonchev–Trinajstić information content (AvgIpc) is 2.63. The summed E-state index contributed by atoms with van der Waals surface area (Å²) >= 11 is 0. The molecule has 0 amide bonds. The molecule has 2 aromatic rings. The molecule has 2 aromatic heterocycles. The molecule has 18 heavy (non-hydrogen) atoms. The second-order valence-corrected chi connectivity index (χ2v) is 4.58. The highest BCUT2D eigenvalue weighted by atomic mass is 16.1. The fraction of sp³-hybridized carbons (Fsp3) is 0.385. The van der Waals surface area contributed by atoms with Crippen LogP contribution in [-0.4, -0.2) is 14.3 Å². The monoisotopic (exact) mass is 246 g/mol. The first-order chi connectivity index (χ1) is 8.47. The molecule has 2 heterocycles. The summed E-state index contributed by atoms with van der Waals surface area (Å²) in [5.41, 5.74) is 3.09. The molecule has 0 bridgehead atoms. The van der Waals surface area contributed by atoms with E-state index in [1.165, 1.54) is 0 Å². The van der Waals surface area contributed by atoms with Gasteiger partial charge in [-0.25, -0.2) is 0 Å². The van der Waals surface area contributed by atoms with E-state index in [4.69, 9.17) is 0 Å². The smallest absolute Gasteiger partial charge is 0.250 e. The minimum Gasteiger partial charge on any atom is -0.377 e. The standard InChI is InChI=1S/C13H18N4O/c1-9(12-8-17(4)15-10(12)2)14-11-5-6-13(18)16(3)7-11/h5-9,14H,1-4H3. The Kier molecular flexibility index (Phi) is 3.23. The van der Waals surface area contributed by atoms with E-state index in [1.807, 2.05) is 24.9 Å². The van der Waals surface area contributed by atoms with Crippen molar-refractivity contribution < 1.29 is 0 Å². The van der Waals surface area contributed by atoms with Gasteiger partial charge in [0, 0.05) is 38.1 Å². The first-order valence-electron chi connectivity index (χ1n) is 5.90. The Balaban J connectivity index is 2.21. The molecule has 1 atom stereocenters. The number of hydrogen-bond donors (Lipinski definition) is 1. The van der Waals surface area contributed by atoms with Gasteiger partial charge in [-0.1, -0.05) is 0 Å². The van der Waals surface area contributed by atoms with E-state index >= 15 is 0 Å². The molecule has 2 rings (SSSR count). The molecule has 0 aromatic carbocycles. The van der Waals surface area contributed by atoms with Crippen molar-refractivity contribution in [2.24, 2.45) is 14.1 Å². The quantitative estimate of drug-likeness (QED) is 0.895. The number of nitrogens with zero attached hydrogens (tertiary/aromatic N) is 3. The number of hydrogen-bond acceptors (Lipinski definition) is 3. The molecular formula is C13H18N4O. The lowest BCUT2D eigenvalue weighted by molar-refractivity contribution is 0.756. The summed E-state index contributed by atoms with van der Waals surface area (Å²) in [4.78, 5) is 11.3. The number of rotatable bonds is 3. The Morgan fingerprint density at radius 1 is 1.28 bits per heavy atom. The topological polar surface area (TPSA) is 51.9 Å². The molecule has 5 heteroatoms. The van der Waals surface area contributed by atoms with Gasteiger partial charge in [0.05, 0.1) is 17.4 Å². The Hall–Kier alpha value is -2.04. The van der Waals surface area contributed by atoms with Crippen LogP contribution in [0.3, 0.4) is 0 Å². The molecule has 0 aliphatic carbocycles. The Labute approximate surface area is 106 Å². The number of pyridine rings is 1. The van der Waals surface area contributed by atoms with Crippen molar-refractivity contribution in [3.8, 4) is 0 Å². The first kappa shape index (κ1) is 12.4. The van der Waals surface area contributed by atoms with Crippen molar-refractivity contribution in [3.63, 3.8) is 0 Å². The summed E-state index contributed by atoms with van der Waals surface area (Å²) in [5.74, 6) is 0. The van der Waals surface area contributed by atoms with Gasteiger partial charge in [0.2, 0.25) is 5.56 Å². The van der Waals surface area contributed by atoms with Crippen molar-refractivity contribution in [3.05, 3.63) is 46.1 Å². The number of aryl methyl sites for hydroxylation is 3. The van der Waals surface area contributed by atoms with Crippen LogP contribution in [0.15, 0.2) is 29.3 Å². The van der Waals surface area contributed by atoms with E-state index in [9.17, 15) is 4.79 Å². The summed E-state index contributed by atoms with van der Waals surface area (Å²) in [6.45, 7) is 4.07. The van der Waals surface area contributed by atoms with Gasteiger partial charge in [0.15, 0.2) is 0 Å². The highest BCUT2D eigenvalue weighted by Gasteiger charge is 2.11. The normalized spacial score (nSPS) is 12.4. The maximum atomic E-state index is 11.3. The second-order valence-electron chi connectivity index (χ2n) is 4.58. The molecule has 1 unspecified atom stereocenters. The van der Waals surface area contributed by atoms with Gasteiger partial charge in [-0.15, -0.1) is 0 Å². The molecule has 5 nitrogen and oxygen atoms in total. The minimum absolute atomic E-state index is 0.00855. The van der Waals surface area contributed by atoms with Gasteiger partial charge in [0.1, 0.15) is 0 Å². The maximum Gasteiger partial charge on any atom is 0.250 e. The number of aromatic nitrogens is 3. The third kappa shape index (κ3) is 2.45. The predicted molar refractivity (Wildman–Crippen MR) is 71.7 cm³/mol. The third-order valence-electron chi connectivity index (χ3n) is 2.99. The van der Waals surface area contributed by atoms with Crippen LogP contribution in [0.1, 0.15) is 24.2 Å². The molecule has 0 radical (unpaired) electrons. The van der Waals surface area contributed by atoms with Crippen LogP contribution in [0.25, 0.3) is 0 Å². The molecule has 0 spiro atoms. The minimum atomic E-state index is -0.00855. The molecule has 0 saturated carbocycles.